The van der Waals surface area contributed by atoms with Crippen molar-refractivity contribution >= 4 is 0 Å². The summed E-state index contributed by atoms with van der Waals surface area (Å²) < 4.78 is 5.49. The van der Waals surface area contributed by atoms with Gasteiger partial charge in [-0.05, 0) is 45.6 Å². The second-order valence-corrected chi connectivity index (χ2v) is 5.69. The number of piperidine rings is 1. The maximum absolute atomic E-state index is 5.49. The van der Waals surface area contributed by atoms with Gasteiger partial charge in [-0.15, -0.1) is 0 Å². The molecular weight excluding hydrogens is 212 g/mol. The average Bonchev–Trinajstić information content (AvgIpc) is 2.78. The van der Waals surface area contributed by atoms with Crippen LogP contribution < -0.4 is 5.32 Å². The summed E-state index contributed by atoms with van der Waals surface area (Å²) in [6, 6.07) is 2.25. The Kier molecular flexibility index (Phi) is 4.83. The zero-order valence-corrected chi connectivity index (χ0v) is 11.6. The molecule has 4 unspecified atom stereocenters. The van der Waals surface area contributed by atoms with Crippen molar-refractivity contribution in [2.24, 2.45) is 0 Å². The van der Waals surface area contributed by atoms with E-state index in [1.54, 1.807) is 0 Å². The minimum Gasteiger partial charge on any atom is -0.381 e. The van der Waals surface area contributed by atoms with E-state index in [0.717, 1.165) is 24.7 Å². The summed E-state index contributed by atoms with van der Waals surface area (Å²) in [5.41, 5.74) is 0. The minimum absolute atomic E-state index is 0.513. The van der Waals surface area contributed by atoms with Gasteiger partial charge in [-0.25, -0.2) is 0 Å². The van der Waals surface area contributed by atoms with Crippen LogP contribution in [0.5, 0.6) is 0 Å². The molecule has 0 aromatic heterocycles. The summed E-state index contributed by atoms with van der Waals surface area (Å²) in [5, 5.41) is 3.59. The Morgan fingerprint density at radius 2 is 2.06 bits per heavy atom. The molecule has 1 N–H and O–H groups in total. The maximum Gasteiger partial charge on any atom is 0.0586 e. The van der Waals surface area contributed by atoms with Crippen LogP contribution in [-0.2, 0) is 4.74 Å². The fourth-order valence-corrected chi connectivity index (χ4v) is 3.64. The van der Waals surface area contributed by atoms with Crippen molar-refractivity contribution in [2.75, 3.05) is 20.2 Å². The molecule has 1 heterocycles. The lowest BCUT2D eigenvalue weighted by atomic mass is 9.96. The molecule has 0 aromatic rings. The lowest BCUT2D eigenvalue weighted by Gasteiger charge is -2.41. The minimum atomic E-state index is 0.513. The Balaban J connectivity index is 1.83. The Bertz CT molecular complexity index is 234. The highest BCUT2D eigenvalue weighted by Crippen LogP contribution is 2.30. The van der Waals surface area contributed by atoms with Crippen LogP contribution in [0.2, 0.25) is 0 Å². The molecule has 1 aliphatic heterocycles. The molecule has 1 saturated carbocycles. The van der Waals surface area contributed by atoms with Gasteiger partial charge in [0.2, 0.25) is 0 Å². The van der Waals surface area contributed by atoms with E-state index in [1.165, 1.54) is 38.6 Å². The molecule has 0 spiro atoms. The molecular formula is C14H28N2O. The topological polar surface area (TPSA) is 24.5 Å². The maximum atomic E-state index is 5.49. The summed E-state index contributed by atoms with van der Waals surface area (Å²) in [5.74, 6) is 0. The van der Waals surface area contributed by atoms with Crippen molar-refractivity contribution in [3.63, 3.8) is 0 Å². The summed E-state index contributed by atoms with van der Waals surface area (Å²) in [4.78, 5) is 2.73. The molecule has 0 amide bonds. The highest BCUT2D eigenvalue weighted by atomic mass is 16.5. The van der Waals surface area contributed by atoms with Crippen LogP contribution in [0.3, 0.4) is 0 Å². The second-order valence-electron chi connectivity index (χ2n) is 5.69. The predicted molar refractivity (Wildman–Crippen MR) is 71.3 cm³/mol. The van der Waals surface area contributed by atoms with E-state index >= 15 is 0 Å². The van der Waals surface area contributed by atoms with Crippen molar-refractivity contribution in [3.8, 4) is 0 Å². The number of rotatable bonds is 4. The van der Waals surface area contributed by atoms with Gasteiger partial charge in [0.25, 0.3) is 0 Å². The molecule has 3 heteroatoms. The van der Waals surface area contributed by atoms with Crippen LogP contribution in [-0.4, -0.2) is 49.3 Å². The van der Waals surface area contributed by atoms with Gasteiger partial charge in [-0.3, -0.25) is 4.90 Å². The molecule has 0 radical (unpaired) electrons. The van der Waals surface area contributed by atoms with E-state index in [-0.39, 0.29) is 0 Å². The average molecular weight is 240 g/mol. The van der Waals surface area contributed by atoms with Gasteiger partial charge in [-0.2, -0.15) is 0 Å². The van der Waals surface area contributed by atoms with E-state index in [1.807, 2.05) is 7.11 Å². The van der Waals surface area contributed by atoms with E-state index in [9.17, 15) is 0 Å². The number of likely N-dealkylation sites (tertiary alicyclic amines) is 1. The van der Waals surface area contributed by atoms with Crippen molar-refractivity contribution < 1.29 is 4.74 Å². The summed E-state index contributed by atoms with van der Waals surface area (Å²) in [6.45, 7) is 6.97. The second kappa shape index (κ2) is 6.17. The first-order valence-corrected chi connectivity index (χ1v) is 7.26. The Morgan fingerprint density at radius 1 is 1.24 bits per heavy atom. The van der Waals surface area contributed by atoms with E-state index in [2.05, 4.69) is 24.1 Å². The quantitative estimate of drug-likeness (QED) is 0.813. The molecule has 100 valence electrons. The van der Waals surface area contributed by atoms with E-state index in [0.29, 0.717) is 6.10 Å². The van der Waals surface area contributed by atoms with Gasteiger partial charge in [0.1, 0.15) is 0 Å². The smallest absolute Gasteiger partial charge is 0.0586 e. The zero-order valence-electron chi connectivity index (χ0n) is 11.6. The van der Waals surface area contributed by atoms with Crippen molar-refractivity contribution in [1.29, 1.82) is 0 Å². The van der Waals surface area contributed by atoms with Crippen LogP contribution in [0.25, 0.3) is 0 Å². The third-order valence-corrected chi connectivity index (χ3v) is 4.58. The number of hydrogen-bond acceptors (Lipinski definition) is 3. The van der Waals surface area contributed by atoms with Crippen molar-refractivity contribution in [2.45, 2.75) is 70.2 Å². The van der Waals surface area contributed by atoms with Gasteiger partial charge in [0, 0.05) is 31.8 Å². The van der Waals surface area contributed by atoms with Gasteiger partial charge >= 0.3 is 0 Å². The molecule has 0 bridgehead atoms. The van der Waals surface area contributed by atoms with Gasteiger partial charge < -0.3 is 10.1 Å². The first-order chi connectivity index (χ1) is 8.24. The molecule has 1 saturated heterocycles. The van der Waals surface area contributed by atoms with Crippen LogP contribution in [0.15, 0.2) is 0 Å². The number of methoxy groups -OCH3 is 1. The fourth-order valence-electron chi connectivity index (χ4n) is 3.64. The normalized spacial score (nSPS) is 39.7. The number of nitrogens with zero attached hydrogens (tertiary/aromatic N) is 1. The van der Waals surface area contributed by atoms with Gasteiger partial charge in [-0.1, -0.05) is 6.92 Å². The van der Waals surface area contributed by atoms with E-state index < -0.39 is 0 Å². The number of hydrogen-bond donors (Lipinski definition) is 1. The molecule has 1 aliphatic carbocycles. The highest BCUT2D eigenvalue weighted by molar-refractivity contribution is 4.90. The number of ether oxygens (including phenoxy) is 1. The molecule has 2 rings (SSSR count). The monoisotopic (exact) mass is 240 g/mol. The van der Waals surface area contributed by atoms with Gasteiger partial charge in [0.15, 0.2) is 0 Å². The molecule has 17 heavy (non-hydrogen) atoms. The first-order valence-electron chi connectivity index (χ1n) is 7.26. The standard InChI is InChI=1S/C14H28N2O/c1-4-15-12-7-8-16(11(2)9-12)13-5-6-14(10-13)17-3/h11-15H,4-10H2,1-3H3. The molecule has 0 aromatic carbocycles. The van der Waals surface area contributed by atoms with Crippen LogP contribution in [0, 0.1) is 0 Å². The zero-order chi connectivity index (χ0) is 12.3. The SMILES string of the molecule is CCNC1CCN(C2CCC(OC)C2)C(C)C1. The van der Waals surface area contributed by atoms with Crippen LogP contribution in [0.4, 0.5) is 0 Å². The largest absolute Gasteiger partial charge is 0.381 e. The highest BCUT2D eigenvalue weighted by Gasteiger charge is 2.34. The molecule has 2 fully saturated rings. The van der Waals surface area contributed by atoms with Crippen molar-refractivity contribution in [1.82, 2.24) is 10.2 Å². The van der Waals surface area contributed by atoms with Crippen LogP contribution >= 0.6 is 0 Å². The molecule has 4 atom stereocenters. The first kappa shape index (κ1) is 13.3. The predicted octanol–water partition coefficient (Wildman–Crippen LogP) is 2.02. The lowest BCUT2D eigenvalue weighted by molar-refractivity contribution is 0.0674. The van der Waals surface area contributed by atoms with E-state index in [4.69, 9.17) is 4.74 Å². The Morgan fingerprint density at radius 3 is 2.65 bits per heavy atom. The fraction of sp³-hybridized carbons (Fsp3) is 1.00. The third kappa shape index (κ3) is 3.21. The number of nitrogens with one attached hydrogen (secondary N) is 1. The summed E-state index contributed by atoms with van der Waals surface area (Å²) >= 11 is 0. The third-order valence-electron chi connectivity index (χ3n) is 4.58. The summed E-state index contributed by atoms with van der Waals surface area (Å²) in [7, 11) is 1.86. The Labute approximate surface area is 106 Å². The van der Waals surface area contributed by atoms with Crippen molar-refractivity contribution in [3.05, 3.63) is 0 Å². The Hall–Kier alpha value is -0.120. The summed E-state index contributed by atoms with van der Waals surface area (Å²) in [6.07, 6.45) is 6.95. The van der Waals surface area contributed by atoms with Crippen LogP contribution in [0.1, 0.15) is 46.0 Å². The lowest BCUT2D eigenvalue weighted by Crippen LogP contribution is -2.50. The molecule has 3 nitrogen and oxygen atoms in total. The molecule has 2 aliphatic rings. The van der Waals surface area contributed by atoms with Gasteiger partial charge in [0.05, 0.1) is 6.10 Å².